The molecule has 1 saturated heterocycles. The highest BCUT2D eigenvalue weighted by molar-refractivity contribution is 8.01. The maximum atomic E-state index is 12.8. The van der Waals surface area contributed by atoms with Crippen molar-refractivity contribution in [3.63, 3.8) is 0 Å². The molecule has 1 N–H and O–H groups in total. The van der Waals surface area contributed by atoms with Gasteiger partial charge in [-0.1, -0.05) is 31.7 Å². The lowest BCUT2D eigenvalue weighted by Gasteiger charge is -2.26. The molecular formula is C20H30N2O3S2. The lowest BCUT2D eigenvalue weighted by molar-refractivity contribution is -0.115. The number of piperidine rings is 1. The van der Waals surface area contributed by atoms with E-state index in [9.17, 15) is 13.2 Å². The van der Waals surface area contributed by atoms with E-state index in [1.807, 2.05) is 6.92 Å². The van der Waals surface area contributed by atoms with Gasteiger partial charge in [0.15, 0.2) is 0 Å². The maximum absolute atomic E-state index is 12.8. The van der Waals surface area contributed by atoms with Crippen LogP contribution in [-0.2, 0) is 14.8 Å². The van der Waals surface area contributed by atoms with E-state index in [0.29, 0.717) is 24.0 Å². The SMILES string of the molecule is CC(SC1CCCCC1)C(=O)Nc1cccc(S(=O)(=O)N2CCCCC2)c1. The van der Waals surface area contributed by atoms with Gasteiger partial charge in [-0.15, -0.1) is 11.8 Å². The standard InChI is InChI=1S/C20H30N2O3S2/c1-16(26-18-10-4-2-5-11-18)20(23)21-17-9-8-12-19(15-17)27(24,25)22-13-6-3-7-14-22/h8-9,12,15-16,18H,2-7,10-11,13-14H2,1H3,(H,21,23). The summed E-state index contributed by atoms with van der Waals surface area (Å²) in [5.74, 6) is -0.0573. The second-order valence-electron chi connectivity index (χ2n) is 7.52. The monoisotopic (exact) mass is 410 g/mol. The van der Waals surface area contributed by atoms with Crippen LogP contribution in [0.5, 0.6) is 0 Å². The van der Waals surface area contributed by atoms with Crippen LogP contribution in [0.2, 0.25) is 0 Å². The van der Waals surface area contributed by atoms with Crippen molar-refractivity contribution in [2.75, 3.05) is 18.4 Å². The lowest BCUT2D eigenvalue weighted by Crippen LogP contribution is -2.35. The molecule has 7 heteroatoms. The van der Waals surface area contributed by atoms with Crippen molar-refractivity contribution in [1.29, 1.82) is 0 Å². The van der Waals surface area contributed by atoms with Crippen LogP contribution in [0.3, 0.4) is 0 Å². The van der Waals surface area contributed by atoms with Gasteiger partial charge in [-0.3, -0.25) is 4.79 Å². The van der Waals surface area contributed by atoms with Gasteiger partial charge in [-0.05, 0) is 50.8 Å². The van der Waals surface area contributed by atoms with E-state index in [-0.39, 0.29) is 16.1 Å². The Labute approximate surface area is 167 Å². The Hall–Kier alpha value is -1.05. The van der Waals surface area contributed by atoms with Crippen molar-refractivity contribution in [1.82, 2.24) is 4.31 Å². The van der Waals surface area contributed by atoms with Crippen LogP contribution in [0.15, 0.2) is 29.2 Å². The smallest absolute Gasteiger partial charge is 0.243 e. The van der Waals surface area contributed by atoms with Crippen LogP contribution < -0.4 is 5.32 Å². The number of carbonyl (C=O) groups is 1. The molecule has 1 aromatic rings. The second kappa shape index (κ2) is 9.43. The first-order chi connectivity index (χ1) is 13.0. The average molecular weight is 411 g/mol. The summed E-state index contributed by atoms with van der Waals surface area (Å²) in [6.45, 7) is 3.09. The topological polar surface area (TPSA) is 66.5 Å². The summed E-state index contributed by atoms with van der Waals surface area (Å²) in [6.07, 6.45) is 9.08. The van der Waals surface area contributed by atoms with Gasteiger partial charge in [0, 0.05) is 24.0 Å². The minimum Gasteiger partial charge on any atom is -0.325 e. The minimum absolute atomic E-state index is 0.0573. The van der Waals surface area contributed by atoms with Gasteiger partial charge in [-0.2, -0.15) is 4.31 Å². The quantitative estimate of drug-likeness (QED) is 0.761. The first kappa shape index (κ1) is 20.7. The third-order valence-corrected chi connectivity index (χ3v) is 8.75. The van der Waals surface area contributed by atoms with Crippen LogP contribution in [0.25, 0.3) is 0 Å². The fourth-order valence-electron chi connectivity index (χ4n) is 3.78. The number of benzene rings is 1. The van der Waals surface area contributed by atoms with Gasteiger partial charge < -0.3 is 5.32 Å². The van der Waals surface area contributed by atoms with Crippen molar-refractivity contribution in [3.8, 4) is 0 Å². The molecule has 0 radical (unpaired) electrons. The van der Waals surface area contributed by atoms with Gasteiger partial charge in [0.25, 0.3) is 0 Å². The minimum atomic E-state index is -3.49. The molecular weight excluding hydrogens is 380 g/mol. The zero-order chi connectivity index (χ0) is 19.3. The van der Waals surface area contributed by atoms with Gasteiger partial charge in [0.05, 0.1) is 10.1 Å². The highest BCUT2D eigenvalue weighted by atomic mass is 32.2. The summed E-state index contributed by atoms with van der Waals surface area (Å²) in [5, 5.41) is 3.32. The number of carbonyl (C=O) groups excluding carboxylic acids is 1. The molecule has 1 aliphatic carbocycles. The highest BCUT2D eigenvalue weighted by Gasteiger charge is 2.26. The van der Waals surface area contributed by atoms with Crippen molar-refractivity contribution in [2.45, 2.75) is 73.7 Å². The molecule has 1 saturated carbocycles. The zero-order valence-electron chi connectivity index (χ0n) is 16.0. The molecule has 2 fully saturated rings. The predicted molar refractivity (Wildman–Crippen MR) is 112 cm³/mol. The van der Waals surface area contributed by atoms with Gasteiger partial charge in [0.1, 0.15) is 0 Å². The Morgan fingerprint density at radius 1 is 1.11 bits per heavy atom. The Kier molecular flexibility index (Phi) is 7.22. The first-order valence-corrected chi connectivity index (χ1v) is 12.4. The van der Waals surface area contributed by atoms with Gasteiger partial charge in [-0.25, -0.2) is 8.42 Å². The first-order valence-electron chi connectivity index (χ1n) is 10.0. The summed E-state index contributed by atoms with van der Waals surface area (Å²) in [6, 6.07) is 6.65. The molecule has 0 spiro atoms. The van der Waals surface area contributed by atoms with Crippen molar-refractivity contribution in [3.05, 3.63) is 24.3 Å². The number of thioether (sulfide) groups is 1. The van der Waals surface area contributed by atoms with Crippen molar-refractivity contribution in [2.24, 2.45) is 0 Å². The molecule has 1 aliphatic heterocycles. The van der Waals surface area contributed by atoms with Crippen LogP contribution >= 0.6 is 11.8 Å². The van der Waals surface area contributed by atoms with Gasteiger partial charge >= 0.3 is 0 Å². The average Bonchev–Trinajstić information content (AvgIpc) is 2.69. The highest BCUT2D eigenvalue weighted by Crippen LogP contribution is 2.31. The van der Waals surface area contributed by atoms with Crippen LogP contribution in [0.1, 0.15) is 58.3 Å². The number of sulfonamides is 1. The molecule has 0 aromatic heterocycles. The zero-order valence-corrected chi connectivity index (χ0v) is 17.7. The summed E-state index contributed by atoms with van der Waals surface area (Å²) >= 11 is 1.74. The summed E-state index contributed by atoms with van der Waals surface area (Å²) < 4.78 is 27.2. The number of amides is 1. The summed E-state index contributed by atoms with van der Waals surface area (Å²) in [4.78, 5) is 12.8. The molecule has 1 amide bonds. The number of nitrogens with one attached hydrogen (secondary N) is 1. The summed E-state index contributed by atoms with van der Waals surface area (Å²) in [5.41, 5.74) is 0.550. The van der Waals surface area contributed by atoms with E-state index in [1.54, 1.807) is 40.3 Å². The third kappa shape index (κ3) is 5.48. The van der Waals surface area contributed by atoms with Gasteiger partial charge in [0.2, 0.25) is 15.9 Å². The van der Waals surface area contributed by atoms with E-state index in [1.165, 1.54) is 32.1 Å². The lowest BCUT2D eigenvalue weighted by atomic mass is 10.0. The van der Waals surface area contributed by atoms with Crippen molar-refractivity contribution >= 4 is 33.4 Å². The van der Waals surface area contributed by atoms with Crippen LogP contribution in [-0.4, -0.2) is 42.2 Å². The Morgan fingerprint density at radius 2 is 1.78 bits per heavy atom. The second-order valence-corrected chi connectivity index (χ2v) is 11.1. The molecule has 5 nitrogen and oxygen atoms in total. The summed E-state index contributed by atoms with van der Waals surface area (Å²) in [7, 11) is -3.49. The van der Waals surface area contributed by atoms with Crippen LogP contribution in [0.4, 0.5) is 5.69 Å². The molecule has 27 heavy (non-hydrogen) atoms. The molecule has 150 valence electrons. The molecule has 2 aliphatic rings. The Morgan fingerprint density at radius 3 is 2.48 bits per heavy atom. The fraction of sp³-hybridized carbons (Fsp3) is 0.650. The normalized spacial score (nSPS) is 20.9. The number of rotatable bonds is 6. The van der Waals surface area contributed by atoms with E-state index in [2.05, 4.69) is 5.32 Å². The van der Waals surface area contributed by atoms with Crippen molar-refractivity contribution < 1.29 is 13.2 Å². The maximum Gasteiger partial charge on any atom is 0.243 e. The fourth-order valence-corrected chi connectivity index (χ4v) is 6.71. The molecule has 0 bridgehead atoms. The number of hydrogen-bond acceptors (Lipinski definition) is 4. The number of hydrogen-bond donors (Lipinski definition) is 1. The molecule has 1 heterocycles. The molecule has 1 unspecified atom stereocenters. The van der Waals surface area contributed by atoms with E-state index < -0.39 is 10.0 Å². The van der Waals surface area contributed by atoms with E-state index in [0.717, 1.165) is 19.3 Å². The molecule has 3 rings (SSSR count). The predicted octanol–water partition coefficient (Wildman–Crippen LogP) is 4.25. The number of nitrogens with zero attached hydrogens (tertiary/aromatic N) is 1. The van der Waals surface area contributed by atoms with E-state index in [4.69, 9.17) is 0 Å². The van der Waals surface area contributed by atoms with E-state index >= 15 is 0 Å². The molecule has 1 aromatic carbocycles. The number of anilines is 1. The van der Waals surface area contributed by atoms with Crippen LogP contribution in [0, 0.1) is 0 Å². The third-order valence-electron chi connectivity index (χ3n) is 5.37. The largest absolute Gasteiger partial charge is 0.325 e. The Bertz CT molecular complexity index is 739. The molecule has 1 atom stereocenters. The Balaban J connectivity index is 1.63.